The van der Waals surface area contributed by atoms with E-state index in [0.717, 1.165) is 16.1 Å². The molecule has 76 valence electrons. The minimum absolute atomic E-state index is 0.0830. The molecule has 5 nitrogen and oxygen atoms in total. The van der Waals surface area contributed by atoms with Crippen molar-refractivity contribution >= 4 is 17.2 Å². The van der Waals surface area contributed by atoms with Crippen molar-refractivity contribution in [2.24, 2.45) is 0 Å². The molecular formula is C9H7N3O2S. The maximum Gasteiger partial charge on any atom is 0.269 e. The van der Waals surface area contributed by atoms with Crippen molar-refractivity contribution in [3.8, 4) is 11.3 Å². The maximum absolute atomic E-state index is 10.4. The summed E-state index contributed by atoms with van der Waals surface area (Å²) in [6.07, 6.45) is 0. The van der Waals surface area contributed by atoms with E-state index in [2.05, 4.69) is 9.59 Å². The third kappa shape index (κ3) is 1.84. The molecule has 0 atom stereocenters. The van der Waals surface area contributed by atoms with Crippen LogP contribution in [0.1, 0.15) is 4.88 Å². The molecule has 0 saturated heterocycles. The number of rotatable bonds is 2. The number of nitro groups is 1. The second-order valence-corrected chi connectivity index (χ2v) is 3.94. The fraction of sp³-hybridized carbons (Fsp3) is 0.111. The van der Waals surface area contributed by atoms with Gasteiger partial charge in [0.15, 0.2) is 0 Å². The van der Waals surface area contributed by atoms with Gasteiger partial charge in [-0.1, -0.05) is 4.49 Å². The van der Waals surface area contributed by atoms with E-state index in [1.807, 2.05) is 6.92 Å². The molecular weight excluding hydrogens is 214 g/mol. The van der Waals surface area contributed by atoms with Gasteiger partial charge in [0, 0.05) is 17.7 Å². The van der Waals surface area contributed by atoms with Crippen LogP contribution in [0.25, 0.3) is 11.3 Å². The lowest BCUT2D eigenvalue weighted by atomic mass is 10.1. The molecule has 0 spiro atoms. The Bertz CT molecular complexity index is 492. The maximum atomic E-state index is 10.4. The fourth-order valence-corrected chi connectivity index (χ4v) is 1.73. The summed E-state index contributed by atoms with van der Waals surface area (Å²) in [6.45, 7) is 1.92. The normalized spacial score (nSPS) is 10.2. The van der Waals surface area contributed by atoms with Crippen molar-refractivity contribution in [1.82, 2.24) is 9.59 Å². The minimum atomic E-state index is -0.421. The smallest absolute Gasteiger partial charge is 0.258 e. The molecule has 2 rings (SSSR count). The van der Waals surface area contributed by atoms with Crippen molar-refractivity contribution in [1.29, 1.82) is 0 Å². The first-order chi connectivity index (χ1) is 7.18. The molecule has 0 aliphatic heterocycles. The topological polar surface area (TPSA) is 68.9 Å². The van der Waals surface area contributed by atoms with E-state index in [1.54, 1.807) is 12.1 Å². The zero-order chi connectivity index (χ0) is 10.8. The van der Waals surface area contributed by atoms with Crippen LogP contribution in [0, 0.1) is 17.0 Å². The molecule has 1 heterocycles. The van der Waals surface area contributed by atoms with E-state index in [9.17, 15) is 10.1 Å². The Hall–Kier alpha value is -1.82. The fourth-order valence-electron chi connectivity index (χ4n) is 1.24. The van der Waals surface area contributed by atoms with Gasteiger partial charge in [0.05, 0.1) is 9.80 Å². The third-order valence-corrected chi connectivity index (χ3v) is 2.63. The molecule has 0 unspecified atom stereocenters. The second kappa shape index (κ2) is 3.74. The summed E-state index contributed by atoms with van der Waals surface area (Å²) in [5, 5.41) is 14.4. The third-order valence-electron chi connectivity index (χ3n) is 2.00. The number of hydrogen-bond acceptors (Lipinski definition) is 5. The van der Waals surface area contributed by atoms with Gasteiger partial charge in [0.2, 0.25) is 0 Å². The Balaban J connectivity index is 2.40. The first-order valence-corrected chi connectivity index (χ1v) is 4.99. The zero-order valence-electron chi connectivity index (χ0n) is 7.88. The summed E-state index contributed by atoms with van der Waals surface area (Å²) in [4.78, 5) is 11.0. The van der Waals surface area contributed by atoms with Gasteiger partial charge in [0.1, 0.15) is 5.69 Å². The van der Waals surface area contributed by atoms with Crippen LogP contribution in [0.3, 0.4) is 0 Å². The predicted octanol–water partition coefficient (Wildman–Crippen LogP) is 2.42. The van der Waals surface area contributed by atoms with Crippen LogP contribution in [0.15, 0.2) is 24.3 Å². The molecule has 6 heteroatoms. The van der Waals surface area contributed by atoms with Crippen LogP contribution in [0.4, 0.5) is 5.69 Å². The van der Waals surface area contributed by atoms with E-state index >= 15 is 0 Å². The summed E-state index contributed by atoms with van der Waals surface area (Å²) in [7, 11) is 0. The van der Waals surface area contributed by atoms with Crippen LogP contribution in [0.5, 0.6) is 0 Å². The highest BCUT2D eigenvalue weighted by molar-refractivity contribution is 7.05. The number of non-ortho nitro benzene ring substituents is 1. The number of aromatic nitrogens is 2. The predicted molar refractivity (Wildman–Crippen MR) is 56.7 cm³/mol. The van der Waals surface area contributed by atoms with E-state index in [-0.39, 0.29) is 5.69 Å². The minimum Gasteiger partial charge on any atom is -0.258 e. The van der Waals surface area contributed by atoms with Gasteiger partial charge < -0.3 is 0 Å². The molecule has 0 fully saturated rings. The highest BCUT2D eigenvalue weighted by Crippen LogP contribution is 2.24. The molecule has 0 amide bonds. The number of aryl methyl sites for hydroxylation is 1. The Morgan fingerprint density at radius 3 is 2.47 bits per heavy atom. The van der Waals surface area contributed by atoms with Crippen LogP contribution in [-0.4, -0.2) is 14.5 Å². The number of nitrogens with zero attached hydrogens (tertiary/aromatic N) is 3. The van der Waals surface area contributed by atoms with Gasteiger partial charge in [-0.25, -0.2) is 0 Å². The standard InChI is InChI=1S/C9H7N3O2S/c1-6-9(10-11-15-6)7-2-4-8(5-3-7)12(13)14/h2-5H,1H3. The molecule has 0 aliphatic rings. The van der Waals surface area contributed by atoms with Gasteiger partial charge in [-0.2, -0.15) is 0 Å². The lowest BCUT2D eigenvalue weighted by Gasteiger charge is -1.96. The zero-order valence-corrected chi connectivity index (χ0v) is 8.69. The van der Waals surface area contributed by atoms with E-state index < -0.39 is 4.92 Å². The van der Waals surface area contributed by atoms with Crippen molar-refractivity contribution in [2.45, 2.75) is 6.92 Å². The summed E-state index contributed by atoms with van der Waals surface area (Å²) >= 11 is 1.31. The Morgan fingerprint density at radius 1 is 1.33 bits per heavy atom. The van der Waals surface area contributed by atoms with Crippen LogP contribution < -0.4 is 0 Å². The second-order valence-electron chi connectivity index (χ2n) is 2.98. The van der Waals surface area contributed by atoms with Crippen molar-refractivity contribution < 1.29 is 4.92 Å². The van der Waals surface area contributed by atoms with Crippen LogP contribution in [0.2, 0.25) is 0 Å². The summed E-state index contributed by atoms with van der Waals surface area (Å²) < 4.78 is 3.81. The highest BCUT2D eigenvalue weighted by Gasteiger charge is 2.09. The summed E-state index contributed by atoms with van der Waals surface area (Å²) in [5.74, 6) is 0. The average Bonchev–Trinajstić information content (AvgIpc) is 2.65. The summed E-state index contributed by atoms with van der Waals surface area (Å²) in [5.41, 5.74) is 1.72. The molecule has 1 aromatic carbocycles. The van der Waals surface area contributed by atoms with E-state index in [0.29, 0.717) is 0 Å². The largest absolute Gasteiger partial charge is 0.269 e. The molecule has 0 aliphatic carbocycles. The number of hydrogen-bond donors (Lipinski definition) is 0. The summed E-state index contributed by atoms with van der Waals surface area (Å²) in [6, 6.07) is 6.30. The number of benzene rings is 1. The molecule has 15 heavy (non-hydrogen) atoms. The Labute approximate surface area is 89.7 Å². The van der Waals surface area contributed by atoms with Crippen LogP contribution in [-0.2, 0) is 0 Å². The van der Waals surface area contributed by atoms with E-state index in [4.69, 9.17) is 0 Å². The quantitative estimate of drug-likeness (QED) is 0.576. The van der Waals surface area contributed by atoms with Crippen molar-refractivity contribution in [3.05, 3.63) is 39.3 Å². The van der Waals surface area contributed by atoms with Crippen molar-refractivity contribution in [2.75, 3.05) is 0 Å². The molecule has 0 radical (unpaired) electrons. The van der Waals surface area contributed by atoms with Crippen LogP contribution >= 0.6 is 11.5 Å². The van der Waals surface area contributed by atoms with Gasteiger partial charge >= 0.3 is 0 Å². The first kappa shape index (κ1) is 9.72. The molecule has 2 aromatic rings. The molecule has 0 saturated carbocycles. The van der Waals surface area contributed by atoms with Gasteiger partial charge in [-0.3, -0.25) is 10.1 Å². The molecule has 0 bridgehead atoms. The lowest BCUT2D eigenvalue weighted by Crippen LogP contribution is -1.87. The monoisotopic (exact) mass is 221 g/mol. The highest BCUT2D eigenvalue weighted by atomic mass is 32.1. The van der Waals surface area contributed by atoms with Gasteiger partial charge in [-0.15, -0.1) is 5.10 Å². The SMILES string of the molecule is Cc1snnc1-c1ccc([N+](=O)[O-])cc1. The van der Waals surface area contributed by atoms with Gasteiger partial charge in [0.25, 0.3) is 5.69 Å². The first-order valence-electron chi connectivity index (χ1n) is 4.22. The number of nitro benzene ring substituents is 1. The Kier molecular flexibility index (Phi) is 2.42. The van der Waals surface area contributed by atoms with E-state index in [1.165, 1.54) is 23.7 Å². The lowest BCUT2D eigenvalue weighted by molar-refractivity contribution is -0.384. The average molecular weight is 221 g/mol. The van der Waals surface area contributed by atoms with Crippen molar-refractivity contribution in [3.63, 3.8) is 0 Å². The van der Waals surface area contributed by atoms with Gasteiger partial charge in [-0.05, 0) is 30.6 Å². The Morgan fingerprint density at radius 2 is 2.00 bits per heavy atom. The molecule has 0 N–H and O–H groups in total. The molecule has 1 aromatic heterocycles.